The summed E-state index contributed by atoms with van der Waals surface area (Å²) >= 11 is 9.38. The zero-order valence-corrected chi connectivity index (χ0v) is 13.7. The lowest BCUT2D eigenvalue weighted by Gasteiger charge is -2.08. The van der Waals surface area contributed by atoms with Crippen LogP contribution in [0.1, 0.15) is 11.1 Å². The first-order valence-electron chi connectivity index (χ1n) is 5.88. The van der Waals surface area contributed by atoms with Gasteiger partial charge in [0.2, 0.25) is 0 Å². The molecule has 0 radical (unpaired) electrons. The third-order valence-corrected chi connectivity index (χ3v) is 5.43. The van der Waals surface area contributed by atoms with E-state index in [0.717, 1.165) is 10.0 Å². The van der Waals surface area contributed by atoms with Crippen LogP contribution in [0.3, 0.4) is 0 Å². The van der Waals surface area contributed by atoms with Crippen LogP contribution in [0.2, 0.25) is 5.02 Å². The van der Waals surface area contributed by atoms with E-state index in [0.29, 0.717) is 17.1 Å². The predicted octanol–water partition coefficient (Wildman–Crippen LogP) is 3.54. The molecule has 0 spiro atoms. The van der Waals surface area contributed by atoms with Gasteiger partial charge < -0.3 is 5.73 Å². The van der Waals surface area contributed by atoms with E-state index in [9.17, 15) is 8.42 Å². The molecule has 106 valence electrons. The fourth-order valence-corrected chi connectivity index (χ4v) is 3.76. The molecule has 20 heavy (non-hydrogen) atoms. The second kappa shape index (κ2) is 6.26. The highest BCUT2D eigenvalue weighted by Gasteiger charge is 2.17. The summed E-state index contributed by atoms with van der Waals surface area (Å²) in [5, 5.41) is 0.425. The number of hydrogen-bond acceptors (Lipinski definition) is 3. The Balaban J connectivity index is 2.31. The molecule has 3 nitrogen and oxygen atoms in total. The molecule has 2 aromatic carbocycles. The monoisotopic (exact) mass is 373 g/mol. The van der Waals surface area contributed by atoms with Crippen molar-refractivity contribution in [2.75, 3.05) is 0 Å². The summed E-state index contributed by atoms with van der Waals surface area (Å²) in [6.07, 6.45) is 0. The maximum atomic E-state index is 12.3. The van der Waals surface area contributed by atoms with Crippen LogP contribution in [-0.4, -0.2) is 8.42 Å². The van der Waals surface area contributed by atoms with E-state index in [2.05, 4.69) is 15.9 Å². The van der Waals surface area contributed by atoms with Gasteiger partial charge in [0.05, 0.1) is 10.6 Å². The van der Waals surface area contributed by atoms with Crippen molar-refractivity contribution in [3.63, 3.8) is 0 Å². The molecule has 0 unspecified atom stereocenters. The molecule has 0 heterocycles. The van der Waals surface area contributed by atoms with E-state index in [1.807, 2.05) is 0 Å². The average Bonchev–Trinajstić information content (AvgIpc) is 2.41. The summed E-state index contributed by atoms with van der Waals surface area (Å²) in [5.41, 5.74) is 6.97. The Morgan fingerprint density at radius 1 is 1.10 bits per heavy atom. The molecule has 0 aromatic heterocycles. The van der Waals surface area contributed by atoms with Crippen LogP contribution in [0.4, 0.5) is 0 Å². The Kier molecular flexibility index (Phi) is 4.86. The summed E-state index contributed by atoms with van der Waals surface area (Å²) in [5.74, 6) is -0.127. The number of hydrogen-bond donors (Lipinski definition) is 1. The van der Waals surface area contributed by atoms with E-state index in [4.69, 9.17) is 17.3 Å². The Labute approximate surface area is 131 Å². The van der Waals surface area contributed by atoms with Crippen LogP contribution in [0.5, 0.6) is 0 Å². The lowest BCUT2D eigenvalue weighted by atomic mass is 10.1. The summed E-state index contributed by atoms with van der Waals surface area (Å²) in [7, 11) is -3.41. The minimum absolute atomic E-state index is 0.127. The maximum absolute atomic E-state index is 12.3. The van der Waals surface area contributed by atoms with E-state index >= 15 is 0 Å². The molecule has 0 amide bonds. The minimum Gasteiger partial charge on any atom is -0.326 e. The van der Waals surface area contributed by atoms with Crippen LogP contribution in [0.15, 0.2) is 51.8 Å². The first-order valence-corrected chi connectivity index (χ1v) is 8.70. The second-order valence-electron chi connectivity index (χ2n) is 4.34. The molecule has 0 aliphatic carbocycles. The summed E-state index contributed by atoms with van der Waals surface area (Å²) in [6.45, 7) is 0.374. The highest BCUT2D eigenvalue weighted by molar-refractivity contribution is 9.10. The van der Waals surface area contributed by atoms with Crippen LogP contribution < -0.4 is 5.73 Å². The van der Waals surface area contributed by atoms with Gasteiger partial charge in [0.1, 0.15) is 0 Å². The number of halogens is 2. The van der Waals surface area contributed by atoms with Crippen molar-refractivity contribution in [2.45, 2.75) is 17.2 Å². The highest BCUT2D eigenvalue weighted by atomic mass is 79.9. The summed E-state index contributed by atoms with van der Waals surface area (Å²) < 4.78 is 25.5. The molecular formula is C14H13BrClNO2S. The van der Waals surface area contributed by atoms with Crippen LogP contribution in [-0.2, 0) is 22.1 Å². The van der Waals surface area contributed by atoms with Gasteiger partial charge in [0.15, 0.2) is 9.84 Å². The molecule has 0 aliphatic heterocycles. The highest BCUT2D eigenvalue weighted by Crippen LogP contribution is 2.24. The Hall–Kier alpha value is -0.880. The largest absolute Gasteiger partial charge is 0.326 e. The van der Waals surface area contributed by atoms with E-state index in [-0.39, 0.29) is 10.6 Å². The van der Waals surface area contributed by atoms with Crippen molar-refractivity contribution in [1.29, 1.82) is 0 Å². The van der Waals surface area contributed by atoms with Gasteiger partial charge in [-0.2, -0.15) is 0 Å². The number of rotatable bonds is 4. The summed E-state index contributed by atoms with van der Waals surface area (Å²) in [6, 6.07) is 11.7. The first-order chi connectivity index (χ1) is 9.42. The molecule has 6 heteroatoms. The Bertz CT molecular complexity index is 714. The van der Waals surface area contributed by atoms with Crippen molar-refractivity contribution >= 4 is 37.4 Å². The topological polar surface area (TPSA) is 60.2 Å². The average molecular weight is 375 g/mol. The zero-order chi connectivity index (χ0) is 14.8. The summed E-state index contributed by atoms with van der Waals surface area (Å²) in [4.78, 5) is 0.277. The van der Waals surface area contributed by atoms with Gasteiger partial charge in [0, 0.05) is 16.0 Å². The van der Waals surface area contributed by atoms with Gasteiger partial charge in [-0.25, -0.2) is 8.42 Å². The SMILES string of the molecule is NCc1ccc(CS(=O)(=O)c2ccc(Br)cc2)c(Cl)c1. The van der Waals surface area contributed by atoms with Crippen molar-refractivity contribution < 1.29 is 8.42 Å². The van der Waals surface area contributed by atoms with Gasteiger partial charge in [-0.1, -0.05) is 39.7 Å². The van der Waals surface area contributed by atoms with Crippen LogP contribution >= 0.6 is 27.5 Å². The van der Waals surface area contributed by atoms with Crippen LogP contribution in [0.25, 0.3) is 0 Å². The van der Waals surface area contributed by atoms with Gasteiger partial charge in [-0.3, -0.25) is 0 Å². The van der Waals surface area contributed by atoms with Crippen molar-refractivity contribution in [2.24, 2.45) is 5.73 Å². The quantitative estimate of drug-likeness (QED) is 0.890. The van der Waals surface area contributed by atoms with Crippen molar-refractivity contribution in [1.82, 2.24) is 0 Å². The van der Waals surface area contributed by atoms with Crippen LogP contribution in [0, 0.1) is 0 Å². The van der Waals surface area contributed by atoms with Crippen molar-refractivity contribution in [3.05, 3.63) is 63.1 Å². The normalized spacial score (nSPS) is 11.6. The molecule has 0 fully saturated rings. The molecule has 2 aromatic rings. The third-order valence-electron chi connectivity index (χ3n) is 2.87. The Morgan fingerprint density at radius 3 is 2.30 bits per heavy atom. The number of benzene rings is 2. The third kappa shape index (κ3) is 3.61. The van der Waals surface area contributed by atoms with Gasteiger partial charge >= 0.3 is 0 Å². The molecule has 2 N–H and O–H groups in total. The standard InChI is InChI=1S/C14H13BrClNO2S/c15-12-3-5-13(6-4-12)20(18,19)9-11-2-1-10(8-17)7-14(11)16/h1-7H,8-9,17H2. The number of sulfone groups is 1. The molecule has 0 saturated heterocycles. The first kappa shape index (κ1) is 15.5. The lowest BCUT2D eigenvalue weighted by Crippen LogP contribution is -2.06. The van der Waals surface area contributed by atoms with E-state index < -0.39 is 9.84 Å². The molecule has 0 aliphatic rings. The second-order valence-corrected chi connectivity index (χ2v) is 7.66. The van der Waals surface area contributed by atoms with Gasteiger partial charge in [0.25, 0.3) is 0 Å². The Morgan fingerprint density at radius 2 is 1.75 bits per heavy atom. The van der Waals surface area contributed by atoms with E-state index in [1.165, 1.54) is 0 Å². The van der Waals surface area contributed by atoms with Gasteiger partial charge in [-0.05, 0) is 41.5 Å². The molecular weight excluding hydrogens is 362 g/mol. The maximum Gasteiger partial charge on any atom is 0.182 e. The van der Waals surface area contributed by atoms with Gasteiger partial charge in [-0.15, -0.1) is 0 Å². The molecule has 2 rings (SSSR count). The molecule has 0 atom stereocenters. The fourth-order valence-electron chi connectivity index (χ4n) is 1.76. The molecule has 0 bridgehead atoms. The van der Waals surface area contributed by atoms with E-state index in [1.54, 1.807) is 42.5 Å². The molecule has 0 saturated carbocycles. The van der Waals surface area contributed by atoms with Crippen molar-refractivity contribution in [3.8, 4) is 0 Å². The fraction of sp³-hybridized carbons (Fsp3) is 0.143. The smallest absolute Gasteiger partial charge is 0.182 e. The lowest BCUT2D eigenvalue weighted by molar-refractivity contribution is 0.595. The predicted molar refractivity (Wildman–Crippen MR) is 84.4 cm³/mol. The number of nitrogens with two attached hydrogens (primary N) is 1. The minimum atomic E-state index is -3.41. The zero-order valence-electron chi connectivity index (χ0n) is 10.5.